The topological polar surface area (TPSA) is 71.1 Å². The fourth-order valence-electron chi connectivity index (χ4n) is 1.57. The molecule has 1 aliphatic heterocycles. The highest BCUT2D eigenvalue weighted by molar-refractivity contribution is 5.70. The Hall–Kier alpha value is -0.980. The van der Waals surface area contributed by atoms with Gasteiger partial charge in [-0.05, 0) is 20.8 Å². The van der Waals surface area contributed by atoms with Crippen LogP contribution in [0.5, 0.6) is 0 Å². The molecule has 98 valence electrons. The highest BCUT2D eigenvalue weighted by Crippen LogP contribution is 2.27. The van der Waals surface area contributed by atoms with Crippen LogP contribution in [0, 0.1) is 0 Å². The van der Waals surface area contributed by atoms with Crippen LogP contribution in [-0.4, -0.2) is 50.1 Å². The van der Waals surface area contributed by atoms with Crippen LogP contribution in [0.2, 0.25) is 0 Å². The summed E-state index contributed by atoms with van der Waals surface area (Å²) in [4.78, 5) is 21.8. The number of hydrogen-bond acceptors (Lipinski definition) is 6. The highest BCUT2D eigenvalue weighted by Gasteiger charge is 2.41. The molecule has 1 rings (SSSR count). The van der Waals surface area contributed by atoms with Crippen molar-refractivity contribution in [3.63, 3.8) is 0 Å². The van der Waals surface area contributed by atoms with Crippen LogP contribution in [0.25, 0.3) is 0 Å². The molecule has 1 heterocycles. The van der Waals surface area contributed by atoms with Gasteiger partial charge < -0.3 is 23.7 Å². The summed E-state index contributed by atoms with van der Waals surface area (Å²) >= 11 is 0. The van der Waals surface area contributed by atoms with Crippen LogP contribution < -0.4 is 0 Å². The van der Waals surface area contributed by atoms with Gasteiger partial charge in [0, 0.05) is 0 Å². The summed E-state index contributed by atoms with van der Waals surface area (Å²) in [5.74, 6) is -1.24. The Labute approximate surface area is 100 Å². The Kier molecular flexibility index (Phi) is 5.04. The Balaban J connectivity index is 2.31. The Morgan fingerprint density at radius 3 is 2.71 bits per heavy atom. The first-order chi connectivity index (χ1) is 7.98. The fraction of sp³-hybridized carbons (Fsp3) is 0.818. The molecule has 0 saturated carbocycles. The second-order valence-electron chi connectivity index (χ2n) is 4.09. The van der Waals surface area contributed by atoms with Crippen molar-refractivity contribution in [2.24, 2.45) is 0 Å². The second-order valence-corrected chi connectivity index (χ2v) is 4.09. The fourth-order valence-corrected chi connectivity index (χ4v) is 1.57. The van der Waals surface area contributed by atoms with Gasteiger partial charge in [-0.25, -0.2) is 4.79 Å². The van der Waals surface area contributed by atoms with Crippen molar-refractivity contribution in [1.29, 1.82) is 0 Å². The average Bonchev–Trinajstić information content (AvgIpc) is 2.54. The molecule has 17 heavy (non-hydrogen) atoms. The average molecular weight is 246 g/mol. The van der Waals surface area contributed by atoms with Crippen molar-refractivity contribution in [2.45, 2.75) is 38.8 Å². The molecule has 2 atom stereocenters. The summed E-state index contributed by atoms with van der Waals surface area (Å²) in [6.07, 6.45) is -0.475. The molecule has 0 bridgehead atoms. The van der Waals surface area contributed by atoms with E-state index >= 15 is 0 Å². The summed E-state index contributed by atoms with van der Waals surface area (Å²) in [7, 11) is 0. The van der Waals surface area contributed by atoms with Gasteiger partial charge in [-0.15, -0.1) is 0 Å². The molecule has 0 aromatic carbocycles. The normalized spacial score (nSPS) is 26.8. The number of rotatable bonds is 6. The van der Waals surface area contributed by atoms with Gasteiger partial charge in [0.2, 0.25) is 0 Å². The van der Waals surface area contributed by atoms with Gasteiger partial charge in [0.05, 0.1) is 13.2 Å². The van der Waals surface area contributed by atoms with Crippen LogP contribution in [0.1, 0.15) is 20.8 Å². The minimum Gasteiger partial charge on any atom is -0.464 e. The number of ether oxygens (including phenoxy) is 4. The van der Waals surface area contributed by atoms with Crippen molar-refractivity contribution in [2.75, 3.05) is 19.8 Å². The maximum atomic E-state index is 11.0. The van der Waals surface area contributed by atoms with Crippen molar-refractivity contribution >= 4 is 12.3 Å². The lowest BCUT2D eigenvalue weighted by Gasteiger charge is -2.16. The summed E-state index contributed by atoms with van der Waals surface area (Å²) < 4.78 is 20.6. The van der Waals surface area contributed by atoms with E-state index in [9.17, 15) is 9.59 Å². The van der Waals surface area contributed by atoms with Crippen molar-refractivity contribution < 1.29 is 28.5 Å². The van der Waals surface area contributed by atoms with E-state index in [-0.39, 0.29) is 13.2 Å². The monoisotopic (exact) mass is 246 g/mol. The zero-order valence-electron chi connectivity index (χ0n) is 10.3. The van der Waals surface area contributed by atoms with Crippen LogP contribution in [0.4, 0.5) is 0 Å². The van der Waals surface area contributed by atoms with Crippen LogP contribution in [0.15, 0.2) is 0 Å². The maximum absolute atomic E-state index is 11.0. The number of carbonyl (C=O) groups excluding carboxylic acids is 2. The van der Waals surface area contributed by atoms with Crippen LogP contribution in [0.3, 0.4) is 0 Å². The molecule has 0 aromatic heterocycles. The molecular formula is C11H18O6. The lowest BCUT2D eigenvalue weighted by atomic mass is 10.2. The molecule has 0 radical (unpaired) electrons. The minimum absolute atomic E-state index is 0.117. The molecule has 0 aliphatic carbocycles. The van der Waals surface area contributed by atoms with Gasteiger partial charge in [-0.1, -0.05) is 0 Å². The summed E-state index contributed by atoms with van der Waals surface area (Å²) in [6, 6.07) is 0. The molecule has 0 aromatic rings. The predicted molar refractivity (Wildman–Crippen MR) is 57.3 cm³/mol. The molecule has 0 unspecified atom stereocenters. The summed E-state index contributed by atoms with van der Waals surface area (Å²) in [5, 5.41) is 0. The molecule has 0 N–H and O–H groups in total. The predicted octanol–water partition coefficient (Wildman–Crippen LogP) is 0.285. The van der Waals surface area contributed by atoms with Gasteiger partial charge in [0.15, 0.2) is 12.1 Å². The quantitative estimate of drug-likeness (QED) is 0.495. The van der Waals surface area contributed by atoms with E-state index in [1.54, 1.807) is 20.8 Å². The van der Waals surface area contributed by atoms with E-state index in [1.165, 1.54) is 0 Å². The second kappa shape index (κ2) is 6.09. The molecule has 6 nitrogen and oxygen atoms in total. The zero-order chi connectivity index (χ0) is 12.9. The van der Waals surface area contributed by atoms with Gasteiger partial charge >= 0.3 is 5.97 Å². The van der Waals surface area contributed by atoms with Crippen LogP contribution in [-0.2, 0) is 28.5 Å². The maximum Gasteiger partial charge on any atom is 0.332 e. The van der Waals surface area contributed by atoms with Crippen molar-refractivity contribution in [3.8, 4) is 0 Å². The standard InChI is InChI=1S/C11H18O6/c1-4-15-10(13)7-14-6-9-8(5-12)16-11(2,3)17-9/h5,8-9H,4,6-7H2,1-3H3/t8-,9+/m1/s1. The first kappa shape index (κ1) is 14.1. The summed E-state index contributed by atoms with van der Waals surface area (Å²) in [6.45, 7) is 5.43. The molecule has 1 aliphatic rings. The van der Waals surface area contributed by atoms with E-state index < -0.39 is 24.0 Å². The Bertz CT molecular complexity index is 275. The first-order valence-corrected chi connectivity index (χ1v) is 5.53. The third-order valence-electron chi connectivity index (χ3n) is 2.16. The Morgan fingerprint density at radius 1 is 1.41 bits per heavy atom. The van der Waals surface area contributed by atoms with Crippen molar-refractivity contribution in [1.82, 2.24) is 0 Å². The smallest absolute Gasteiger partial charge is 0.332 e. The molecule has 6 heteroatoms. The minimum atomic E-state index is -0.802. The SMILES string of the molecule is CCOC(=O)COC[C@@H]1OC(C)(C)O[C@@H]1C=O. The van der Waals surface area contributed by atoms with E-state index in [0.29, 0.717) is 12.9 Å². The number of carbonyl (C=O) groups is 2. The number of aldehydes is 1. The number of esters is 1. The highest BCUT2D eigenvalue weighted by atomic mass is 16.8. The third kappa shape index (κ3) is 4.41. The van der Waals surface area contributed by atoms with Gasteiger partial charge in [0.1, 0.15) is 18.8 Å². The third-order valence-corrected chi connectivity index (χ3v) is 2.16. The molecule has 0 amide bonds. The zero-order valence-corrected chi connectivity index (χ0v) is 10.3. The molecule has 0 spiro atoms. The van der Waals surface area contributed by atoms with Gasteiger partial charge in [0.25, 0.3) is 0 Å². The lowest BCUT2D eigenvalue weighted by molar-refractivity contribution is -0.157. The first-order valence-electron chi connectivity index (χ1n) is 5.53. The molecular weight excluding hydrogens is 228 g/mol. The Morgan fingerprint density at radius 2 is 2.12 bits per heavy atom. The largest absolute Gasteiger partial charge is 0.464 e. The van der Waals surface area contributed by atoms with Gasteiger partial charge in [-0.3, -0.25) is 0 Å². The lowest BCUT2D eigenvalue weighted by Crippen LogP contribution is -2.30. The van der Waals surface area contributed by atoms with E-state index in [2.05, 4.69) is 0 Å². The summed E-state index contributed by atoms with van der Waals surface area (Å²) in [5.41, 5.74) is 0. The molecule has 1 saturated heterocycles. The van der Waals surface area contributed by atoms with Crippen LogP contribution >= 0.6 is 0 Å². The van der Waals surface area contributed by atoms with E-state index in [4.69, 9.17) is 18.9 Å². The van der Waals surface area contributed by atoms with E-state index in [0.717, 1.165) is 0 Å². The van der Waals surface area contributed by atoms with Gasteiger partial charge in [-0.2, -0.15) is 0 Å². The van der Waals surface area contributed by atoms with E-state index in [1.807, 2.05) is 0 Å². The molecule has 1 fully saturated rings. The van der Waals surface area contributed by atoms with Crippen molar-refractivity contribution in [3.05, 3.63) is 0 Å². The number of hydrogen-bond donors (Lipinski definition) is 0.